The van der Waals surface area contributed by atoms with E-state index in [1.807, 2.05) is 4.90 Å². The predicted octanol–water partition coefficient (Wildman–Crippen LogP) is 6.07. The topological polar surface area (TPSA) is 60.9 Å². The van der Waals surface area contributed by atoms with E-state index in [-0.39, 0.29) is 5.91 Å². The second kappa shape index (κ2) is 16.7. The molecule has 1 N–H and O–H groups in total. The summed E-state index contributed by atoms with van der Waals surface area (Å²) >= 11 is 0. The third-order valence-corrected chi connectivity index (χ3v) is 5.90. The predicted molar refractivity (Wildman–Crippen MR) is 116 cm³/mol. The van der Waals surface area contributed by atoms with Crippen molar-refractivity contribution in [1.29, 1.82) is 0 Å². The summed E-state index contributed by atoms with van der Waals surface area (Å²) in [6.07, 6.45) is 19.7. The number of hydrogen-bond acceptors (Lipinski definition) is 2. The van der Waals surface area contributed by atoms with Crippen LogP contribution in [0.1, 0.15) is 110 Å². The molecular weight excluding hydrogens is 352 g/mol. The Morgan fingerprint density at radius 3 is 1.36 bits per heavy atom. The third-order valence-electron chi connectivity index (χ3n) is 5.90. The summed E-state index contributed by atoms with van der Waals surface area (Å²) in [7, 11) is 0. The molecule has 28 heavy (non-hydrogen) atoms. The molecule has 1 aliphatic heterocycles. The van der Waals surface area contributed by atoms with E-state index in [0.29, 0.717) is 32.6 Å². The molecule has 0 aromatic heterocycles. The first-order valence-corrected chi connectivity index (χ1v) is 11.9. The Balaban J connectivity index is 1.82. The first kappa shape index (κ1) is 24.8. The summed E-state index contributed by atoms with van der Waals surface area (Å²) in [5.41, 5.74) is 0. The molecule has 1 saturated heterocycles. The number of nitrogens with zero attached hydrogens (tertiary/aromatic N) is 2. The van der Waals surface area contributed by atoms with Crippen LogP contribution < -0.4 is 0 Å². The van der Waals surface area contributed by atoms with E-state index in [0.717, 1.165) is 12.8 Å². The minimum absolute atomic E-state index is 0.194. The maximum Gasteiger partial charge on any atom is 0.407 e. The van der Waals surface area contributed by atoms with Gasteiger partial charge in [-0.3, -0.25) is 4.79 Å². The first-order chi connectivity index (χ1) is 13.6. The van der Waals surface area contributed by atoms with Crippen molar-refractivity contribution >= 4 is 12.0 Å². The smallest absolute Gasteiger partial charge is 0.407 e. The summed E-state index contributed by atoms with van der Waals surface area (Å²) in [5.74, 6) is 0.194. The monoisotopic (exact) mass is 396 g/mol. The molecule has 0 bridgehead atoms. The van der Waals surface area contributed by atoms with Gasteiger partial charge in [0.25, 0.3) is 0 Å². The molecule has 5 heteroatoms. The van der Waals surface area contributed by atoms with Gasteiger partial charge >= 0.3 is 6.09 Å². The van der Waals surface area contributed by atoms with Gasteiger partial charge in [-0.1, -0.05) is 96.8 Å². The number of carboxylic acid groups (broad SMARTS) is 1. The van der Waals surface area contributed by atoms with Crippen LogP contribution >= 0.6 is 0 Å². The van der Waals surface area contributed by atoms with Gasteiger partial charge in [0.15, 0.2) is 0 Å². The van der Waals surface area contributed by atoms with Crippen molar-refractivity contribution in [3.8, 4) is 0 Å². The molecule has 0 aromatic carbocycles. The number of carbonyl (C=O) groups is 2. The fourth-order valence-corrected chi connectivity index (χ4v) is 3.95. The van der Waals surface area contributed by atoms with Crippen molar-refractivity contribution in [3.05, 3.63) is 0 Å². The van der Waals surface area contributed by atoms with Gasteiger partial charge in [0.1, 0.15) is 0 Å². The molecule has 0 aromatic rings. The van der Waals surface area contributed by atoms with Crippen LogP contribution in [-0.2, 0) is 4.79 Å². The number of carbonyl (C=O) groups excluding carboxylic acids is 1. The molecule has 0 atom stereocenters. The Bertz CT molecular complexity index is 407. The van der Waals surface area contributed by atoms with Gasteiger partial charge in [-0.15, -0.1) is 0 Å². The van der Waals surface area contributed by atoms with E-state index in [2.05, 4.69) is 6.92 Å². The summed E-state index contributed by atoms with van der Waals surface area (Å²) in [6.45, 7) is 4.25. The molecule has 0 unspecified atom stereocenters. The average molecular weight is 397 g/mol. The molecule has 0 spiro atoms. The highest BCUT2D eigenvalue weighted by atomic mass is 16.4. The molecule has 2 amide bonds. The Morgan fingerprint density at radius 2 is 0.964 bits per heavy atom. The van der Waals surface area contributed by atoms with E-state index >= 15 is 0 Å². The van der Waals surface area contributed by atoms with Gasteiger partial charge in [0.05, 0.1) is 0 Å². The third kappa shape index (κ3) is 12.2. The standard InChI is InChI=1S/C23H44N2O3/c1-2-3-4-5-6-7-8-9-10-11-12-13-14-15-16-17-22(26)24-18-20-25(21-19-24)23(27)28/h2-21H2,1H3,(H,27,28). The van der Waals surface area contributed by atoms with E-state index in [1.54, 1.807) is 0 Å². The Kier molecular flexibility index (Phi) is 14.8. The van der Waals surface area contributed by atoms with Gasteiger partial charge in [0, 0.05) is 32.6 Å². The van der Waals surface area contributed by atoms with Crippen molar-refractivity contribution in [2.45, 2.75) is 110 Å². The summed E-state index contributed by atoms with van der Waals surface area (Å²) in [4.78, 5) is 26.3. The molecule has 5 nitrogen and oxygen atoms in total. The number of unbranched alkanes of at least 4 members (excludes halogenated alkanes) is 14. The van der Waals surface area contributed by atoms with Crippen LogP contribution in [0.5, 0.6) is 0 Å². The molecule has 0 saturated carbocycles. The number of rotatable bonds is 16. The molecular formula is C23H44N2O3. The zero-order valence-corrected chi connectivity index (χ0v) is 18.3. The Hall–Kier alpha value is -1.26. The van der Waals surface area contributed by atoms with E-state index < -0.39 is 6.09 Å². The highest BCUT2D eigenvalue weighted by molar-refractivity contribution is 5.76. The summed E-state index contributed by atoms with van der Waals surface area (Å²) < 4.78 is 0. The van der Waals surface area contributed by atoms with Crippen molar-refractivity contribution in [3.63, 3.8) is 0 Å². The average Bonchev–Trinajstić information content (AvgIpc) is 2.70. The van der Waals surface area contributed by atoms with Gasteiger partial charge in [0.2, 0.25) is 5.91 Å². The molecule has 0 radical (unpaired) electrons. The lowest BCUT2D eigenvalue weighted by Gasteiger charge is -2.33. The highest BCUT2D eigenvalue weighted by Gasteiger charge is 2.23. The van der Waals surface area contributed by atoms with Crippen LogP contribution in [0.3, 0.4) is 0 Å². The number of piperazine rings is 1. The molecule has 1 rings (SSSR count). The number of hydrogen-bond donors (Lipinski definition) is 1. The minimum Gasteiger partial charge on any atom is -0.465 e. The molecule has 0 aliphatic carbocycles. The van der Waals surface area contributed by atoms with Crippen LogP contribution in [-0.4, -0.2) is 53.1 Å². The largest absolute Gasteiger partial charge is 0.465 e. The normalized spacial score (nSPS) is 14.5. The van der Waals surface area contributed by atoms with Crippen molar-refractivity contribution in [1.82, 2.24) is 9.80 Å². The number of amides is 2. The minimum atomic E-state index is -0.880. The van der Waals surface area contributed by atoms with Crippen LogP contribution in [0.15, 0.2) is 0 Å². The van der Waals surface area contributed by atoms with E-state index in [1.165, 1.54) is 88.4 Å². The van der Waals surface area contributed by atoms with Gasteiger partial charge in [-0.05, 0) is 6.42 Å². The van der Waals surface area contributed by atoms with Crippen LogP contribution in [0, 0.1) is 0 Å². The van der Waals surface area contributed by atoms with Gasteiger partial charge in [-0.25, -0.2) is 4.79 Å². The lowest BCUT2D eigenvalue weighted by Crippen LogP contribution is -2.50. The van der Waals surface area contributed by atoms with Crippen LogP contribution in [0.4, 0.5) is 4.79 Å². The van der Waals surface area contributed by atoms with E-state index in [9.17, 15) is 9.59 Å². The molecule has 1 aliphatic rings. The van der Waals surface area contributed by atoms with Crippen LogP contribution in [0.25, 0.3) is 0 Å². The second-order valence-corrected chi connectivity index (χ2v) is 8.35. The molecule has 164 valence electrons. The van der Waals surface area contributed by atoms with Crippen LogP contribution in [0.2, 0.25) is 0 Å². The highest BCUT2D eigenvalue weighted by Crippen LogP contribution is 2.14. The molecule has 1 fully saturated rings. The summed E-state index contributed by atoms with van der Waals surface area (Å²) in [5, 5.41) is 8.94. The fourth-order valence-electron chi connectivity index (χ4n) is 3.95. The van der Waals surface area contributed by atoms with Gasteiger partial charge < -0.3 is 14.9 Å². The van der Waals surface area contributed by atoms with Crippen molar-refractivity contribution < 1.29 is 14.7 Å². The fraction of sp³-hybridized carbons (Fsp3) is 0.913. The zero-order valence-electron chi connectivity index (χ0n) is 18.3. The zero-order chi connectivity index (χ0) is 20.5. The van der Waals surface area contributed by atoms with E-state index in [4.69, 9.17) is 5.11 Å². The Labute approximate surface area is 172 Å². The lowest BCUT2D eigenvalue weighted by atomic mass is 10.0. The van der Waals surface area contributed by atoms with Crippen molar-refractivity contribution in [2.24, 2.45) is 0 Å². The second-order valence-electron chi connectivity index (χ2n) is 8.35. The Morgan fingerprint density at radius 1 is 0.607 bits per heavy atom. The van der Waals surface area contributed by atoms with Gasteiger partial charge in [-0.2, -0.15) is 0 Å². The quantitative estimate of drug-likeness (QED) is 0.322. The van der Waals surface area contributed by atoms with Crippen molar-refractivity contribution in [2.75, 3.05) is 26.2 Å². The lowest BCUT2D eigenvalue weighted by molar-refractivity contribution is -0.132. The maximum atomic E-state index is 12.2. The maximum absolute atomic E-state index is 12.2. The SMILES string of the molecule is CCCCCCCCCCCCCCCCCC(=O)N1CCN(C(=O)O)CC1. The summed E-state index contributed by atoms with van der Waals surface area (Å²) in [6, 6.07) is 0. The molecule has 1 heterocycles. The first-order valence-electron chi connectivity index (χ1n) is 11.9.